The maximum Gasteiger partial charge on any atom is 0.242 e. The first kappa shape index (κ1) is 28.9. The predicted molar refractivity (Wildman–Crippen MR) is 142 cm³/mol. The van der Waals surface area contributed by atoms with E-state index >= 15 is 0 Å². The summed E-state index contributed by atoms with van der Waals surface area (Å²) in [5.41, 5.74) is 1.21. The topological polar surface area (TPSA) is 86.8 Å². The Labute approximate surface area is 218 Å². The third-order valence-corrected chi connectivity index (χ3v) is 7.27. The smallest absolute Gasteiger partial charge is 0.242 e. The Morgan fingerprint density at radius 1 is 1.06 bits per heavy atom. The van der Waals surface area contributed by atoms with Crippen LogP contribution in [0.3, 0.4) is 0 Å². The molecule has 192 valence electrons. The molecule has 0 bridgehead atoms. The van der Waals surface area contributed by atoms with E-state index in [1.54, 1.807) is 42.5 Å². The molecule has 0 heterocycles. The van der Waals surface area contributed by atoms with E-state index in [1.807, 2.05) is 19.9 Å². The molecule has 1 unspecified atom stereocenters. The minimum absolute atomic E-state index is 0.0711. The van der Waals surface area contributed by atoms with E-state index in [1.165, 1.54) is 9.21 Å². The highest BCUT2D eigenvalue weighted by atomic mass is 35.5. The van der Waals surface area contributed by atoms with Crippen LogP contribution in [0.2, 0.25) is 10.0 Å². The number of hydrogen-bond donors (Lipinski definition) is 1. The van der Waals surface area contributed by atoms with Gasteiger partial charge in [-0.25, -0.2) is 8.42 Å². The number of nitrogens with zero attached hydrogens (tertiary/aromatic N) is 2. The minimum atomic E-state index is -3.52. The molecule has 0 radical (unpaired) electrons. The second kappa shape index (κ2) is 13.7. The maximum absolute atomic E-state index is 13.4. The van der Waals surface area contributed by atoms with Gasteiger partial charge >= 0.3 is 0 Å². The van der Waals surface area contributed by atoms with E-state index in [0.29, 0.717) is 40.7 Å². The SMILES string of the molecule is CCCNC(=O)C(CC)N(Cc1ccc(Cl)cc1Cl)C(=O)CCCN(c1ccccc1)S(C)(=O)=O. The molecule has 2 aromatic rings. The van der Waals surface area contributed by atoms with Crippen molar-refractivity contribution < 1.29 is 18.0 Å². The molecule has 2 rings (SSSR count). The van der Waals surface area contributed by atoms with Crippen LogP contribution < -0.4 is 9.62 Å². The lowest BCUT2D eigenvalue weighted by Gasteiger charge is -2.31. The summed E-state index contributed by atoms with van der Waals surface area (Å²) in [7, 11) is -3.52. The summed E-state index contributed by atoms with van der Waals surface area (Å²) in [5.74, 6) is -0.481. The summed E-state index contributed by atoms with van der Waals surface area (Å²) < 4.78 is 26.0. The van der Waals surface area contributed by atoms with E-state index in [0.717, 1.165) is 12.7 Å². The van der Waals surface area contributed by atoms with Crippen LogP contribution in [-0.2, 0) is 26.2 Å². The Hall–Kier alpha value is -2.29. The summed E-state index contributed by atoms with van der Waals surface area (Å²) in [6.07, 6.45) is 2.70. The molecule has 0 fully saturated rings. The first-order chi connectivity index (χ1) is 16.6. The molecular weight excluding hydrogens is 509 g/mol. The average Bonchev–Trinajstić information content (AvgIpc) is 2.81. The molecule has 7 nitrogen and oxygen atoms in total. The average molecular weight is 543 g/mol. The third-order valence-electron chi connectivity index (χ3n) is 5.49. The number of sulfonamides is 1. The molecule has 0 aromatic heterocycles. The number of hydrogen-bond acceptors (Lipinski definition) is 4. The fraction of sp³-hybridized carbons (Fsp3) is 0.440. The van der Waals surface area contributed by atoms with E-state index in [4.69, 9.17) is 23.2 Å². The van der Waals surface area contributed by atoms with E-state index in [2.05, 4.69) is 5.32 Å². The molecule has 0 saturated carbocycles. The Morgan fingerprint density at radius 2 is 1.74 bits per heavy atom. The second-order valence-electron chi connectivity index (χ2n) is 8.25. The summed E-state index contributed by atoms with van der Waals surface area (Å²) in [6.45, 7) is 4.60. The largest absolute Gasteiger partial charge is 0.354 e. The molecule has 1 N–H and O–H groups in total. The monoisotopic (exact) mass is 541 g/mol. The lowest BCUT2D eigenvalue weighted by atomic mass is 10.1. The van der Waals surface area contributed by atoms with Gasteiger partial charge in [-0.05, 0) is 49.1 Å². The van der Waals surface area contributed by atoms with Crippen LogP contribution in [0, 0.1) is 0 Å². The van der Waals surface area contributed by atoms with Gasteiger partial charge in [-0.3, -0.25) is 13.9 Å². The highest BCUT2D eigenvalue weighted by Gasteiger charge is 2.29. The summed E-state index contributed by atoms with van der Waals surface area (Å²) in [5, 5.41) is 3.76. The van der Waals surface area contributed by atoms with Crippen LogP contribution in [-0.4, -0.2) is 50.5 Å². The number of carbonyl (C=O) groups is 2. The maximum atomic E-state index is 13.4. The molecule has 1 atom stereocenters. The molecule has 0 aliphatic rings. The van der Waals surface area contributed by atoms with Gasteiger partial charge in [0.15, 0.2) is 0 Å². The van der Waals surface area contributed by atoms with Crippen molar-refractivity contribution in [1.29, 1.82) is 0 Å². The van der Waals surface area contributed by atoms with Gasteiger partial charge in [-0.1, -0.05) is 61.3 Å². The van der Waals surface area contributed by atoms with Crippen molar-refractivity contribution >= 4 is 50.7 Å². The zero-order valence-corrected chi connectivity index (χ0v) is 22.7. The van der Waals surface area contributed by atoms with Crippen LogP contribution in [0.1, 0.15) is 45.1 Å². The number of amides is 2. The van der Waals surface area contributed by atoms with Gasteiger partial charge in [-0.15, -0.1) is 0 Å². The molecule has 0 saturated heterocycles. The predicted octanol–water partition coefficient (Wildman–Crippen LogP) is 4.87. The summed E-state index contributed by atoms with van der Waals surface area (Å²) in [4.78, 5) is 27.8. The van der Waals surface area contributed by atoms with Gasteiger partial charge in [0, 0.05) is 36.1 Å². The Kier molecular flexibility index (Phi) is 11.3. The zero-order chi connectivity index (χ0) is 26.0. The fourth-order valence-corrected chi connectivity index (χ4v) is 5.15. The van der Waals surface area contributed by atoms with E-state index < -0.39 is 16.1 Å². The van der Waals surface area contributed by atoms with Crippen molar-refractivity contribution in [2.75, 3.05) is 23.7 Å². The molecule has 35 heavy (non-hydrogen) atoms. The van der Waals surface area contributed by atoms with E-state index in [-0.39, 0.29) is 31.3 Å². The number of rotatable bonds is 13. The first-order valence-electron chi connectivity index (χ1n) is 11.6. The van der Waals surface area contributed by atoms with Crippen molar-refractivity contribution in [2.24, 2.45) is 0 Å². The van der Waals surface area contributed by atoms with Crippen molar-refractivity contribution in [3.63, 3.8) is 0 Å². The quantitative estimate of drug-likeness (QED) is 0.391. The number of nitrogens with one attached hydrogen (secondary N) is 1. The van der Waals surface area contributed by atoms with Crippen molar-refractivity contribution in [2.45, 2.75) is 52.1 Å². The standard InChI is InChI=1S/C25H33Cl2N3O4S/c1-4-15-28-25(32)23(5-2)29(18-19-13-14-20(26)17-22(19)27)24(31)12-9-16-30(35(3,33)34)21-10-7-6-8-11-21/h6-8,10-11,13-14,17,23H,4-5,9,12,15-16,18H2,1-3H3,(H,28,32). The van der Waals surface area contributed by atoms with E-state index in [9.17, 15) is 18.0 Å². The normalized spacial score (nSPS) is 12.1. The van der Waals surface area contributed by atoms with Crippen LogP contribution in [0.4, 0.5) is 5.69 Å². The molecule has 0 aliphatic heterocycles. The van der Waals surface area contributed by atoms with Crippen molar-refractivity contribution in [3.05, 3.63) is 64.1 Å². The Morgan fingerprint density at radius 3 is 2.31 bits per heavy atom. The Balaban J connectivity index is 2.22. The highest BCUT2D eigenvalue weighted by Crippen LogP contribution is 2.24. The lowest BCUT2D eigenvalue weighted by molar-refractivity contribution is -0.141. The van der Waals surface area contributed by atoms with Gasteiger partial charge in [0.25, 0.3) is 0 Å². The Bertz CT molecular complexity index is 1100. The highest BCUT2D eigenvalue weighted by molar-refractivity contribution is 7.92. The van der Waals surface area contributed by atoms with Crippen molar-refractivity contribution in [1.82, 2.24) is 10.2 Å². The van der Waals surface area contributed by atoms with Crippen LogP contribution in [0.25, 0.3) is 0 Å². The van der Waals surface area contributed by atoms with Gasteiger partial charge in [0.05, 0.1) is 11.9 Å². The first-order valence-corrected chi connectivity index (χ1v) is 14.2. The molecule has 0 spiro atoms. The number of para-hydroxylation sites is 1. The molecule has 0 aliphatic carbocycles. The number of anilines is 1. The van der Waals surface area contributed by atoms with Crippen molar-refractivity contribution in [3.8, 4) is 0 Å². The fourth-order valence-electron chi connectivity index (χ4n) is 3.72. The zero-order valence-electron chi connectivity index (χ0n) is 20.3. The van der Waals surface area contributed by atoms with Crippen LogP contribution in [0.15, 0.2) is 48.5 Å². The molecule has 2 aromatic carbocycles. The number of carbonyl (C=O) groups excluding carboxylic acids is 2. The third kappa shape index (κ3) is 8.70. The summed E-state index contributed by atoms with van der Waals surface area (Å²) in [6, 6.07) is 13.1. The van der Waals surface area contributed by atoms with Gasteiger partial charge in [0.2, 0.25) is 21.8 Å². The van der Waals surface area contributed by atoms with Gasteiger partial charge < -0.3 is 10.2 Å². The van der Waals surface area contributed by atoms with Crippen LogP contribution in [0.5, 0.6) is 0 Å². The number of halogens is 2. The lowest BCUT2D eigenvalue weighted by Crippen LogP contribution is -2.49. The molecule has 10 heteroatoms. The van der Waals surface area contributed by atoms with Gasteiger partial charge in [-0.2, -0.15) is 0 Å². The molecule has 2 amide bonds. The summed E-state index contributed by atoms with van der Waals surface area (Å²) >= 11 is 12.4. The molecular formula is C25H33Cl2N3O4S. The van der Waals surface area contributed by atoms with Gasteiger partial charge in [0.1, 0.15) is 6.04 Å². The second-order valence-corrected chi connectivity index (χ2v) is 11.0. The minimum Gasteiger partial charge on any atom is -0.354 e. The van der Waals surface area contributed by atoms with Crippen LogP contribution >= 0.6 is 23.2 Å². The number of benzene rings is 2.